The fraction of sp³-hybridized carbons (Fsp3) is 0.585. The van der Waals surface area contributed by atoms with Crippen LogP contribution in [-0.4, -0.2) is 101 Å². The van der Waals surface area contributed by atoms with Crippen LogP contribution >= 0.6 is 0 Å². The van der Waals surface area contributed by atoms with Crippen molar-refractivity contribution < 1.29 is 33.2 Å². The van der Waals surface area contributed by atoms with Crippen molar-refractivity contribution in [3.63, 3.8) is 0 Å². The summed E-state index contributed by atoms with van der Waals surface area (Å²) in [6.07, 6.45) is 9.79. The highest BCUT2D eigenvalue weighted by Crippen LogP contribution is 2.51. The molecule has 4 aromatic rings. The van der Waals surface area contributed by atoms with Crippen LogP contribution in [0.15, 0.2) is 30.5 Å². The number of nitrogens with zero attached hydrogens (tertiary/aromatic N) is 5. The number of hydrogen-bond donors (Lipinski definition) is 2. The third-order valence-corrected chi connectivity index (χ3v) is 12.4. The van der Waals surface area contributed by atoms with E-state index in [0.717, 1.165) is 58.0 Å². The Morgan fingerprint density at radius 3 is 2.68 bits per heavy atom. The van der Waals surface area contributed by atoms with Gasteiger partial charge in [0.25, 0.3) is 0 Å². The van der Waals surface area contributed by atoms with Gasteiger partial charge in [-0.1, -0.05) is 26.3 Å². The van der Waals surface area contributed by atoms with Crippen LogP contribution < -0.4 is 9.64 Å². The fourth-order valence-corrected chi connectivity index (χ4v) is 9.97. The second-order valence-corrected chi connectivity index (χ2v) is 16.7. The van der Waals surface area contributed by atoms with Crippen molar-refractivity contribution >= 4 is 27.5 Å². The van der Waals surface area contributed by atoms with Crippen molar-refractivity contribution in [1.82, 2.24) is 19.9 Å². The Hall–Kier alpha value is -3.71. The van der Waals surface area contributed by atoms with Crippen molar-refractivity contribution in [2.75, 3.05) is 58.0 Å². The van der Waals surface area contributed by atoms with Crippen LogP contribution in [0.25, 0.3) is 32.9 Å². The molecule has 53 heavy (non-hydrogen) atoms. The van der Waals surface area contributed by atoms with Gasteiger partial charge in [-0.2, -0.15) is 9.97 Å². The van der Waals surface area contributed by atoms with Crippen LogP contribution in [0.3, 0.4) is 0 Å². The number of aromatic nitrogens is 3. The van der Waals surface area contributed by atoms with Crippen molar-refractivity contribution in [2.45, 2.75) is 89.9 Å². The molecule has 2 aliphatic heterocycles. The molecule has 4 aliphatic rings. The average molecular weight is 732 g/mol. The van der Waals surface area contributed by atoms with Crippen LogP contribution in [-0.2, 0) is 15.9 Å². The predicted molar refractivity (Wildman–Crippen MR) is 199 cm³/mol. The number of methoxy groups -OCH3 is 1. The number of piperidine rings is 1. The summed E-state index contributed by atoms with van der Waals surface area (Å²) < 4.78 is 50.2. The molecule has 2 saturated heterocycles. The SMILES string of the molecule is CCc1c(F)ccc2cc(O)cc(-c3ncc4c(N5CCOCC(C)(O)C5)nc(OCC56CCCC5N(CC5(C)CC(OC)C5)CCC6)nc4c3F)c12. The molecule has 3 atom stereocenters. The first-order valence-corrected chi connectivity index (χ1v) is 19.2. The number of hydrogen-bond acceptors (Lipinski definition) is 10. The monoisotopic (exact) mass is 731 g/mol. The number of benzene rings is 2. The molecule has 2 N–H and O–H groups in total. The lowest BCUT2D eigenvalue weighted by Gasteiger charge is -2.52. The maximum absolute atomic E-state index is 17.1. The molecule has 10 nitrogen and oxygen atoms in total. The highest BCUT2D eigenvalue weighted by atomic mass is 19.1. The zero-order valence-corrected chi connectivity index (χ0v) is 31.3. The van der Waals surface area contributed by atoms with Crippen LogP contribution in [0, 0.1) is 22.5 Å². The van der Waals surface area contributed by atoms with Gasteiger partial charge in [0.05, 0.1) is 37.9 Å². The Kier molecular flexibility index (Phi) is 9.48. The number of aromatic hydroxyl groups is 1. The minimum atomic E-state index is -1.18. The summed E-state index contributed by atoms with van der Waals surface area (Å²) in [5, 5.41) is 23.2. The van der Waals surface area contributed by atoms with Crippen LogP contribution in [0.2, 0.25) is 0 Å². The molecule has 0 amide bonds. The maximum Gasteiger partial charge on any atom is 0.319 e. The van der Waals surface area contributed by atoms with E-state index in [9.17, 15) is 10.2 Å². The number of aliphatic hydroxyl groups is 1. The summed E-state index contributed by atoms with van der Waals surface area (Å²) in [5.74, 6) is -0.823. The van der Waals surface area contributed by atoms with Gasteiger partial charge >= 0.3 is 6.01 Å². The van der Waals surface area contributed by atoms with Gasteiger partial charge in [0, 0.05) is 43.4 Å². The minimum Gasteiger partial charge on any atom is -0.508 e. The first-order valence-electron chi connectivity index (χ1n) is 19.2. The number of rotatable bonds is 9. The molecule has 2 aromatic carbocycles. The van der Waals surface area contributed by atoms with E-state index >= 15 is 8.78 Å². The summed E-state index contributed by atoms with van der Waals surface area (Å²) >= 11 is 0. The quantitative estimate of drug-likeness (QED) is 0.191. The van der Waals surface area contributed by atoms with E-state index in [4.69, 9.17) is 24.2 Å². The Morgan fingerprint density at radius 2 is 1.89 bits per heavy atom. The Labute approximate surface area is 309 Å². The number of anilines is 1. The highest BCUT2D eigenvalue weighted by Gasteiger charge is 2.51. The summed E-state index contributed by atoms with van der Waals surface area (Å²) in [6, 6.07) is 6.35. The third kappa shape index (κ3) is 6.70. The number of likely N-dealkylation sites (tertiary alicyclic amines) is 1. The lowest BCUT2D eigenvalue weighted by atomic mass is 9.66. The molecular formula is C41H51F2N5O5. The van der Waals surface area contributed by atoms with E-state index in [1.54, 1.807) is 26.2 Å². The van der Waals surface area contributed by atoms with Gasteiger partial charge in [-0.05, 0) is 98.4 Å². The van der Waals surface area contributed by atoms with Gasteiger partial charge in [0.15, 0.2) is 5.82 Å². The van der Waals surface area contributed by atoms with Crippen molar-refractivity contribution in [3.8, 4) is 23.0 Å². The zero-order chi connectivity index (χ0) is 37.1. The molecular weight excluding hydrogens is 680 g/mol. The number of phenols is 1. The molecule has 2 aliphatic carbocycles. The highest BCUT2D eigenvalue weighted by molar-refractivity contribution is 6.01. The van der Waals surface area contributed by atoms with Gasteiger partial charge in [-0.3, -0.25) is 9.88 Å². The molecule has 4 fully saturated rings. The molecule has 4 heterocycles. The largest absolute Gasteiger partial charge is 0.508 e. The number of pyridine rings is 1. The number of ether oxygens (including phenoxy) is 3. The normalized spacial score (nSPS) is 29.3. The van der Waals surface area contributed by atoms with Crippen molar-refractivity contribution in [3.05, 3.63) is 47.7 Å². The number of halogens is 2. The predicted octanol–water partition coefficient (Wildman–Crippen LogP) is 6.81. The first-order chi connectivity index (χ1) is 25.4. The molecule has 284 valence electrons. The van der Waals surface area contributed by atoms with Gasteiger partial charge in [0.2, 0.25) is 0 Å². The van der Waals surface area contributed by atoms with Crippen molar-refractivity contribution in [2.24, 2.45) is 10.8 Å². The Balaban J connectivity index is 1.19. The summed E-state index contributed by atoms with van der Waals surface area (Å²) in [6.45, 7) is 9.54. The second kappa shape index (κ2) is 13.9. The van der Waals surface area contributed by atoms with Gasteiger partial charge in [-0.15, -0.1) is 0 Å². The smallest absolute Gasteiger partial charge is 0.319 e. The lowest BCUT2D eigenvalue weighted by molar-refractivity contribution is -0.0877. The van der Waals surface area contributed by atoms with E-state index in [1.165, 1.54) is 18.3 Å². The fourth-order valence-electron chi connectivity index (χ4n) is 9.97. The Bertz CT molecular complexity index is 2020. The lowest BCUT2D eigenvalue weighted by Crippen LogP contribution is -2.57. The summed E-state index contributed by atoms with van der Waals surface area (Å²) in [4.78, 5) is 18.8. The van der Waals surface area contributed by atoms with E-state index < -0.39 is 17.2 Å². The average Bonchev–Trinajstić information content (AvgIpc) is 3.47. The van der Waals surface area contributed by atoms with Crippen LogP contribution in [0.5, 0.6) is 11.8 Å². The van der Waals surface area contributed by atoms with E-state index in [2.05, 4.69) is 16.8 Å². The first kappa shape index (κ1) is 36.3. The third-order valence-electron chi connectivity index (χ3n) is 12.4. The van der Waals surface area contributed by atoms with Gasteiger partial charge < -0.3 is 29.3 Å². The van der Waals surface area contributed by atoms with Crippen LogP contribution in [0.4, 0.5) is 14.6 Å². The molecule has 3 unspecified atom stereocenters. The van der Waals surface area contributed by atoms with Gasteiger partial charge in [0.1, 0.15) is 34.2 Å². The minimum absolute atomic E-state index is 0.00195. The standard InChI is InChI=1S/C41H51F2N5O5/c1-5-28-31(42)10-9-25-16-26(49)17-29(33(25)28)35-34(43)36-30(20-44-35)37(48-14-15-52-23-40(3,50)22-48)46-38(45-36)53-24-41-11-6-8-32(41)47(13-7-12-41)21-39(2)18-27(19-39)51-4/h9-10,16-17,20,27,32,49-50H,5-8,11-15,18-19,21-24H2,1-4H3. The zero-order valence-electron chi connectivity index (χ0n) is 31.3. The maximum atomic E-state index is 17.1. The number of β-amino-alcohol motifs (C(OH)–C–C–N with tert-alkyl or cyclic N) is 1. The van der Waals surface area contributed by atoms with E-state index in [0.29, 0.717) is 65.9 Å². The van der Waals surface area contributed by atoms with Crippen LogP contribution in [0.1, 0.15) is 71.3 Å². The molecule has 0 radical (unpaired) electrons. The topological polar surface area (TPSA) is 113 Å². The molecule has 8 rings (SSSR count). The number of phenolic OH excluding ortho intramolecular Hbond substituents is 1. The molecule has 2 aromatic heterocycles. The molecule has 2 saturated carbocycles. The Morgan fingerprint density at radius 1 is 1.08 bits per heavy atom. The summed E-state index contributed by atoms with van der Waals surface area (Å²) in [5.41, 5.74) is -0.369. The number of fused-ring (bicyclic) bond motifs is 3. The summed E-state index contributed by atoms with van der Waals surface area (Å²) in [7, 11) is 1.80. The van der Waals surface area contributed by atoms with E-state index in [1.807, 2.05) is 11.8 Å². The second-order valence-electron chi connectivity index (χ2n) is 16.7. The molecule has 0 spiro atoms. The number of aryl methyl sites for hydroxylation is 1. The van der Waals surface area contributed by atoms with E-state index in [-0.39, 0.29) is 52.5 Å². The molecule has 12 heteroatoms. The van der Waals surface area contributed by atoms with Gasteiger partial charge in [-0.25, -0.2) is 8.78 Å². The van der Waals surface area contributed by atoms with Crippen molar-refractivity contribution in [1.29, 1.82) is 0 Å². The molecule has 0 bridgehead atoms.